The van der Waals surface area contributed by atoms with Gasteiger partial charge in [-0.1, -0.05) is 19.3 Å². The SMILES string of the molecule is CC(C)(CCNC(=O)c1ccc2c(c1)C(=O)N(C1CCCCC1)C2=O)C(=O)O. The number of hydrogen-bond acceptors (Lipinski definition) is 4. The Morgan fingerprint density at radius 3 is 2.39 bits per heavy atom. The highest BCUT2D eigenvalue weighted by Crippen LogP contribution is 2.31. The molecule has 7 heteroatoms. The number of nitrogens with one attached hydrogen (secondary N) is 1. The van der Waals surface area contributed by atoms with Crippen molar-refractivity contribution in [2.75, 3.05) is 6.54 Å². The fraction of sp³-hybridized carbons (Fsp3) is 0.524. The van der Waals surface area contributed by atoms with Crippen molar-refractivity contribution in [3.05, 3.63) is 34.9 Å². The number of rotatable bonds is 6. The predicted molar refractivity (Wildman–Crippen MR) is 102 cm³/mol. The van der Waals surface area contributed by atoms with Gasteiger partial charge in [-0.2, -0.15) is 0 Å². The first-order valence-corrected chi connectivity index (χ1v) is 9.76. The Labute approximate surface area is 164 Å². The third-order valence-corrected chi connectivity index (χ3v) is 5.73. The number of carboxylic acid groups (broad SMARTS) is 1. The van der Waals surface area contributed by atoms with Crippen LogP contribution in [0.1, 0.15) is 83.4 Å². The number of carbonyl (C=O) groups is 4. The van der Waals surface area contributed by atoms with Crippen molar-refractivity contribution in [3.8, 4) is 0 Å². The summed E-state index contributed by atoms with van der Waals surface area (Å²) in [5.41, 5.74) is -0.0274. The molecule has 3 rings (SSSR count). The Kier molecular flexibility index (Phi) is 5.54. The van der Waals surface area contributed by atoms with E-state index in [2.05, 4.69) is 5.32 Å². The van der Waals surface area contributed by atoms with Gasteiger partial charge < -0.3 is 10.4 Å². The molecule has 0 saturated heterocycles. The van der Waals surface area contributed by atoms with E-state index in [1.165, 1.54) is 23.1 Å². The van der Waals surface area contributed by atoms with Crippen molar-refractivity contribution in [2.24, 2.45) is 5.41 Å². The maximum absolute atomic E-state index is 12.8. The molecule has 1 aliphatic carbocycles. The topological polar surface area (TPSA) is 104 Å². The molecule has 0 bridgehead atoms. The van der Waals surface area contributed by atoms with Crippen molar-refractivity contribution in [3.63, 3.8) is 0 Å². The zero-order valence-electron chi connectivity index (χ0n) is 16.3. The maximum atomic E-state index is 12.8. The van der Waals surface area contributed by atoms with E-state index in [9.17, 15) is 19.2 Å². The third-order valence-electron chi connectivity index (χ3n) is 5.73. The van der Waals surface area contributed by atoms with Crippen LogP contribution in [-0.2, 0) is 4.79 Å². The van der Waals surface area contributed by atoms with Gasteiger partial charge in [0.15, 0.2) is 0 Å². The van der Waals surface area contributed by atoms with Crippen LogP contribution in [0.15, 0.2) is 18.2 Å². The fourth-order valence-corrected chi connectivity index (χ4v) is 3.77. The average molecular weight is 386 g/mol. The number of carboxylic acids is 1. The van der Waals surface area contributed by atoms with E-state index in [1.54, 1.807) is 13.8 Å². The molecule has 0 atom stereocenters. The van der Waals surface area contributed by atoms with Crippen LogP contribution in [0.5, 0.6) is 0 Å². The van der Waals surface area contributed by atoms with Crippen LogP contribution in [0.25, 0.3) is 0 Å². The number of hydrogen-bond donors (Lipinski definition) is 2. The molecule has 1 aromatic carbocycles. The van der Waals surface area contributed by atoms with Crippen LogP contribution >= 0.6 is 0 Å². The highest BCUT2D eigenvalue weighted by atomic mass is 16.4. The summed E-state index contributed by atoms with van der Waals surface area (Å²) in [7, 11) is 0. The molecule has 0 aromatic heterocycles. The van der Waals surface area contributed by atoms with Gasteiger partial charge in [0.05, 0.1) is 16.5 Å². The molecule has 1 saturated carbocycles. The molecule has 1 fully saturated rings. The quantitative estimate of drug-likeness (QED) is 0.732. The second-order valence-corrected chi connectivity index (χ2v) is 8.23. The van der Waals surface area contributed by atoms with Crippen LogP contribution in [0.2, 0.25) is 0 Å². The summed E-state index contributed by atoms with van der Waals surface area (Å²) in [4.78, 5) is 50.4. The normalized spacial score (nSPS) is 17.6. The summed E-state index contributed by atoms with van der Waals surface area (Å²) in [5.74, 6) is -1.91. The first-order valence-electron chi connectivity index (χ1n) is 9.76. The number of carbonyl (C=O) groups excluding carboxylic acids is 3. The molecule has 28 heavy (non-hydrogen) atoms. The Hall–Kier alpha value is -2.70. The van der Waals surface area contributed by atoms with Crippen molar-refractivity contribution in [1.82, 2.24) is 10.2 Å². The first-order chi connectivity index (χ1) is 13.2. The molecular weight excluding hydrogens is 360 g/mol. The van der Waals surface area contributed by atoms with E-state index in [4.69, 9.17) is 5.11 Å². The Bertz CT molecular complexity index is 824. The summed E-state index contributed by atoms with van der Waals surface area (Å²) in [6.45, 7) is 3.40. The highest BCUT2D eigenvalue weighted by molar-refractivity contribution is 6.22. The van der Waals surface area contributed by atoms with Crippen LogP contribution < -0.4 is 5.32 Å². The second-order valence-electron chi connectivity index (χ2n) is 8.23. The number of fused-ring (bicyclic) bond motifs is 1. The lowest BCUT2D eigenvalue weighted by molar-refractivity contribution is -0.147. The van der Waals surface area contributed by atoms with Gasteiger partial charge in [0.25, 0.3) is 17.7 Å². The van der Waals surface area contributed by atoms with Crippen molar-refractivity contribution >= 4 is 23.7 Å². The predicted octanol–water partition coefficient (Wildman–Crippen LogP) is 2.85. The third kappa shape index (κ3) is 3.79. The molecule has 3 amide bonds. The van der Waals surface area contributed by atoms with Gasteiger partial charge in [-0.3, -0.25) is 24.1 Å². The molecule has 2 N–H and O–H groups in total. The van der Waals surface area contributed by atoms with Gasteiger partial charge >= 0.3 is 5.97 Å². The van der Waals surface area contributed by atoms with Gasteiger partial charge in [0.2, 0.25) is 0 Å². The number of benzene rings is 1. The number of aliphatic carboxylic acids is 1. The number of imide groups is 1. The van der Waals surface area contributed by atoms with Crippen molar-refractivity contribution in [1.29, 1.82) is 0 Å². The van der Waals surface area contributed by atoms with Crippen LogP contribution in [-0.4, -0.2) is 46.3 Å². The summed E-state index contributed by atoms with van der Waals surface area (Å²) in [6.07, 6.45) is 5.10. The van der Waals surface area contributed by atoms with Crippen LogP contribution in [0.4, 0.5) is 0 Å². The lowest BCUT2D eigenvalue weighted by atomic mass is 9.89. The zero-order valence-corrected chi connectivity index (χ0v) is 16.3. The maximum Gasteiger partial charge on any atom is 0.309 e. The summed E-state index contributed by atoms with van der Waals surface area (Å²) >= 11 is 0. The molecule has 0 spiro atoms. The highest BCUT2D eigenvalue weighted by Gasteiger charge is 2.40. The molecule has 7 nitrogen and oxygen atoms in total. The van der Waals surface area contributed by atoms with E-state index in [1.807, 2.05) is 0 Å². The smallest absolute Gasteiger partial charge is 0.309 e. The molecule has 1 heterocycles. The van der Waals surface area contributed by atoms with E-state index in [-0.39, 0.29) is 42.3 Å². The zero-order chi connectivity index (χ0) is 20.5. The minimum atomic E-state index is -0.936. The Balaban J connectivity index is 1.70. The second kappa shape index (κ2) is 7.73. The molecule has 150 valence electrons. The summed E-state index contributed by atoms with van der Waals surface area (Å²) in [5, 5.41) is 11.8. The average Bonchev–Trinajstić information content (AvgIpc) is 2.92. The molecule has 0 unspecified atom stereocenters. The van der Waals surface area contributed by atoms with Gasteiger partial charge in [-0.25, -0.2) is 0 Å². The van der Waals surface area contributed by atoms with E-state index in [0.29, 0.717) is 11.1 Å². The summed E-state index contributed by atoms with van der Waals surface area (Å²) < 4.78 is 0. The largest absolute Gasteiger partial charge is 0.481 e. The monoisotopic (exact) mass is 386 g/mol. The molecule has 0 radical (unpaired) electrons. The summed E-state index contributed by atoms with van der Waals surface area (Å²) in [6, 6.07) is 4.48. The van der Waals surface area contributed by atoms with Crippen LogP contribution in [0, 0.1) is 5.41 Å². The van der Waals surface area contributed by atoms with E-state index >= 15 is 0 Å². The Morgan fingerprint density at radius 2 is 1.75 bits per heavy atom. The van der Waals surface area contributed by atoms with Crippen LogP contribution in [0.3, 0.4) is 0 Å². The molecule has 1 aromatic rings. The first kappa shape index (κ1) is 20.0. The standard InChI is InChI=1S/C21H26N2O5/c1-21(2,20(27)28)10-11-22-17(24)13-8-9-15-16(12-13)19(26)23(18(15)25)14-6-4-3-5-7-14/h8-9,12,14H,3-7,10-11H2,1-2H3,(H,22,24)(H,27,28). The lowest BCUT2D eigenvalue weighted by Crippen LogP contribution is -2.40. The molecule has 1 aliphatic heterocycles. The van der Waals surface area contributed by atoms with E-state index in [0.717, 1.165) is 32.1 Å². The Morgan fingerprint density at radius 1 is 1.11 bits per heavy atom. The van der Waals surface area contributed by atoms with Gasteiger partial charge in [-0.15, -0.1) is 0 Å². The molecule has 2 aliphatic rings. The van der Waals surface area contributed by atoms with Gasteiger partial charge in [-0.05, 0) is 51.3 Å². The van der Waals surface area contributed by atoms with Gasteiger partial charge in [0, 0.05) is 18.2 Å². The van der Waals surface area contributed by atoms with E-state index < -0.39 is 11.4 Å². The van der Waals surface area contributed by atoms with Crippen molar-refractivity contribution in [2.45, 2.75) is 58.4 Å². The minimum absolute atomic E-state index is 0.0586. The fourth-order valence-electron chi connectivity index (χ4n) is 3.77. The number of amides is 3. The van der Waals surface area contributed by atoms with Gasteiger partial charge in [0.1, 0.15) is 0 Å². The number of nitrogens with zero attached hydrogens (tertiary/aromatic N) is 1. The lowest BCUT2D eigenvalue weighted by Gasteiger charge is -2.29. The molecular formula is C21H26N2O5. The van der Waals surface area contributed by atoms with Crippen molar-refractivity contribution < 1.29 is 24.3 Å². The minimum Gasteiger partial charge on any atom is -0.481 e.